The zero-order valence-electron chi connectivity index (χ0n) is 16.6. The van der Waals surface area contributed by atoms with E-state index in [2.05, 4.69) is 15.6 Å². The van der Waals surface area contributed by atoms with Gasteiger partial charge in [-0.2, -0.15) is 0 Å². The first-order valence-electron chi connectivity index (χ1n) is 9.15. The summed E-state index contributed by atoms with van der Waals surface area (Å²) in [5.74, 6) is -1.46. The average molecular weight is 446 g/mol. The van der Waals surface area contributed by atoms with E-state index >= 15 is 0 Å². The molecule has 3 aromatic rings. The highest BCUT2D eigenvalue weighted by atomic mass is 35.5. The van der Waals surface area contributed by atoms with Crippen molar-refractivity contribution >= 4 is 57.2 Å². The van der Waals surface area contributed by atoms with Gasteiger partial charge in [-0.1, -0.05) is 37.6 Å². The molecule has 7 nitrogen and oxygen atoms in total. The number of fused-ring (bicyclic) bond motifs is 1. The fourth-order valence-corrected chi connectivity index (χ4v) is 3.92. The fourth-order valence-electron chi connectivity index (χ4n) is 2.97. The quantitative estimate of drug-likeness (QED) is 0.556. The monoisotopic (exact) mass is 445 g/mol. The van der Waals surface area contributed by atoms with Crippen LogP contribution >= 0.6 is 22.9 Å². The van der Waals surface area contributed by atoms with E-state index in [1.165, 1.54) is 13.3 Å². The Morgan fingerprint density at radius 3 is 2.50 bits per heavy atom. The molecule has 0 saturated heterocycles. The van der Waals surface area contributed by atoms with Crippen LogP contribution in [0.15, 0.2) is 42.6 Å². The number of nitrogens with one attached hydrogen (secondary N) is 2. The van der Waals surface area contributed by atoms with Crippen molar-refractivity contribution in [1.82, 2.24) is 10.3 Å². The molecule has 0 aliphatic carbocycles. The second kappa shape index (κ2) is 9.23. The number of benzene rings is 1. The Bertz CT molecular complexity index is 1110. The van der Waals surface area contributed by atoms with Gasteiger partial charge >= 0.3 is 5.97 Å². The topological polar surface area (TPSA) is 97.4 Å². The van der Waals surface area contributed by atoms with Crippen LogP contribution in [0, 0.1) is 5.92 Å². The number of carbonyl (C=O) groups excluding carboxylic acids is 3. The first-order chi connectivity index (χ1) is 14.3. The number of esters is 1. The third-order valence-electron chi connectivity index (χ3n) is 4.48. The summed E-state index contributed by atoms with van der Waals surface area (Å²) in [4.78, 5) is 42.0. The summed E-state index contributed by atoms with van der Waals surface area (Å²) in [5, 5.41) is 6.82. The van der Waals surface area contributed by atoms with Gasteiger partial charge in [-0.15, -0.1) is 11.3 Å². The smallest absolute Gasteiger partial charge is 0.357 e. The molecule has 0 aliphatic rings. The lowest BCUT2D eigenvalue weighted by molar-refractivity contribution is -0.118. The number of ether oxygens (including phenoxy) is 1. The molecular formula is C21H20ClN3O4S. The molecule has 0 aliphatic heterocycles. The Hall–Kier alpha value is -2.97. The van der Waals surface area contributed by atoms with Crippen LogP contribution in [0.2, 0.25) is 4.34 Å². The molecule has 0 fully saturated rings. The first kappa shape index (κ1) is 21.7. The number of hydrogen-bond acceptors (Lipinski definition) is 6. The molecule has 2 heterocycles. The van der Waals surface area contributed by atoms with Crippen LogP contribution < -0.4 is 10.6 Å². The Kier molecular flexibility index (Phi) is 6.69. The minimum Gasteiger partial charge on any atom is -0.464 e. The van der Waals surface area contributed by atoms with Crippen molar-refractivity contribution in [3.63, 3.8) is 0 Å². The maximum absolute atomic E-state index is 13.0. The van der Waals surface area contributed by atoms with Crippen molar-refractivity contribution in [3.05, 3.63) is 57.5 Å². The summed E-state index contributed by atoms with van der Waals surface area (Å²) in [6.07, 6.45) is 1.48. The SMILES string of the molecule is COC(=O)c1nccc2c(NC(=O)[C@H](NC(=O)c3ccc(Cl)s3)C(C)C)cccc12. The number of nitrogens with zero attached hydrogens (tertiary/aromatic N) is 1. The molecule has 2 aromatic heterocycles. The largest absolute Gasteiger partial charge is 0.464 e. The molecule has 0 unspecified atom stereocenters. The van der Waals surface area contributed by atoms with Crippen LogP contribution in [0.3, 0.4) is 0 Å². The highest BCUT2D eigenvalue weighted by Gasteiger charge is 2.26. The molecule has 30 heavy (non-hydrogen) atoms. The molecule has 3 rings (SSSR count). The molecule has 156 valence electrons. The van der Waals surface area contributed by atoms with Crippen LogP contribution in [0.1, 0.15) is 34.0 Å². The maximum Gasteiger partial charge on any atom is 0.357 e. The van der Waals surface area contributed by atoms with Crippen LogP contribution in [-0.4, -0.2) is 35.9 Å². The zero-order valence-corrected chi connectivity index (χ0v) is 18.1. The number of rotatable bonds is 6. The Morgan fingerprint density at radius 2 is 1.87 bits per heavy atom. The van der Waals surface area contributed by atoms with Gasteiger partial charge in [0.25, 0.3) is 5.91 Å². The summed E-state index contributed by atoms with van der Waals surface area (Å²) in [6.45, 7) is 3.68. The van der Waals surface area contributed by atoms with E-state index in [9.17, 15) is 14.4 Å². The van der Waals surface area contributed by atoms with E-state index < -0.39 is 12.0 Å². The second-order valence-electron chi connectivity index (χ2n) is 6.84. The molecular weight excluding hydrogens is 426 g/mol. The standard InChI is InChI=1S/C21H20ClN3O4S/c1-11(2)17(25-19(26)15-7-8-16(22)30-15)20(27)24-14-6-4-5-13-12(14)9-10-23-18(13)21(28)29-3/h4-11,17H,1-3H3,(H,24,27)(H,25,26)/t17-/m1/s1. The maximum atomic E-state index is 13.0. The van der Waals surface area contributed by atoms with Gasteiger partial charge in [0, 0.05) is 22.7 Å². The van der Waals surface area contributed by atoms with Gasteiger partial charge in [0.2, 0.25) is 5.91 Å². The molecule has 1 aromatic carbocycles. The van der Waals surface area contributed by atoms with Crippen LogP contribution in [-0.2, 0) is 9.53 Å². The van der Waals surface area contributed by atoms with Crippen molar-refractivity contribution in [3.8, 4) is 0 Å². The molecule has 0 bridgehead atoms. The highest BCUT2D eigenvalue weighted by Crippen LogP contribution is 2.26. The molecule has 1 atom stereocenters. The molecule has 0 spiro atoms. The summed E-state index contributed by atoms with van der Waals surface area (Å²) in [7, 11) is 1.28. The average Bonchev–Trinajstić information content (AvgIpc) is 3.17. The number of methoxy groups -OCH3 is 1. The van der Waals surface area contributed by atoms with Crippen molar-refractivity contribution < 1.29 is 19.1 Å². The van der Waals surface area contributed by atoms with E-state index in [0.717, 1.165) is 11.3 Å². The van der Waals surface area contributed by atoms with Gasteiger partial charge in [-0.3, -0.25) is 9.59 Å². The van der Waals surface area contributed by atoms with Crippen LogP contribution in [0.4, 0.5) is 5.69 Å². The normalized spacial score (nSPS) is 11.9. The van der Waals surface area contributed by atoms with Crippen LogP contribution in [0.25, 0.3) is 10.8 Å². The van der Waals surface area contributed by atoms with Gasteiger partial charge in [0.15, 0.2) is 5.69 Å². The minimum absolute atomic E-state index is 0.161. The number of amides is 2. The minimum atomic E-state index is -0.768. The van der Waals surface area contributed by atoms with Gasteiger partial charge in [-0.05, 0) is 30.2 Å². The molecule has 0 radical (unpaired) electrons. The lowest BCUT2D eigenvalue weighted by Crippen LogP contribution is -2.47. The fraction of sp³-hybridized carbons (Fsp3) is 0.238. The van der Waals surface area contributed by atoms with E-state index in [-0.39, 0.29) is 23.4 Å². The first-order valence-corrected chi connectivity index (χ1v) is 10.3. The van der Waals surface area contributed by atoms with Crippen molar-refractivity contribution in [2.75, 3.05) is 12.4 Å². The van der Waals surface area contributed by atoms with Gasteiger partial charge in [0.05, 0.1) is 16.3 Å². The Morgan fingerprint density at radius 1 is 1.10 bits per heavy atom. The zero-order chi connectivity index (χ0) is 21.8. The highest BCUT2D eigenvalue weighted by molar-refractivity contribution is 7.18. The summed E-state index contributed by atoms with van der Waals surface area (Å²) >= 11 is 7.04. The van der Waals surface area contributed by atoms with Gasteiger partial charge in [0.1, 0.15) is 6.04 Å². The summed E-state index contributed by atoms with van der Waals surface area (Å²) in [5.41, 5.74) is 0.665. The molecule has 9 heteroatoms. The van der Waals surface area contributed by atoms with Gasteiger partial charge in [-0.25, -0.2) is 9.78 Å². The van der Waals surface area contributed by atoms with Crippen LogP contribution in [0.5, 0.6) is 0 Å². The lowest BCUT2D eigenvalue weighted by atomic mass is 10.0. The number of hydrogen-bond donors (Lipinski definition) is 2. The Balaban J connectivity index is 1.86. The van der Waals surface area contributed by atoms with Crippen molar-refractivity contribution in [1.29, 1.82) is 0 Å². The second-order valence-corrected chi connectivity index (χ2v) is 8.56. The third-order valence-corrected chi connectivity index (χ3v) is 5.71. The van der Waals surface area contributed by atoms with Crippen molar-refractivity contribution in [2.24, 2.45) is 5.92 Å². The summed E-state index contributed by atoms with van der Waals surface area (Å²) in [6, 6.07) is 9.34. The number of halogens is 1. The Labute approximate surface area is 182 Å². The number of carbonyl (C=O) groups is 3. The summed E-state index contributed by atoms with van der Waals surface area (Å²) < 4.78 is 5.27. The molecule has 2 N–H and O–H groups in total. The molecule has 0 saturated carbocycles. The van der Waals surface area contributed by atoms with Crippen molar-refractivity contribution in [2.45, 2.75) is 19.9 Å². The third kappa shape index (κ3) is 4.60. The number of anilines is 1. The predicted molar refractivity (Wildman–Crippen MR) is 117 cm³/mol. The van der Waals surface area contributed by atoms with E-state index in [1.807, 2.05) is 13.8 Å². The molecule has 2 amide bonds. The predicted octanol–water partition coefficient (Wildman–Crippen LogP) is 4.13. The lowest BCUT2D eigenvalue weighted by Gasteiger charge is -2.22. The van der Waals surface area contributed by atoms with E-state index in [0.29, 0.717) is 25.7 Å². The number of thiophene rings is 1. The van der Waals surface area contributed by atoms with Gasteiger partial charge < -0.3 is 15.4 Å². The number of aromatic nitrogens is 1. The van der Waals surface area contributed by atoms with E-state index in [4.69, 9.17) is 16.3 Å². The number of pyridine rings is 1. The van der Waals surface area contributed by atoms with E-state index in [1.54, 1.807) is 36.4 Å².